The Labute approximate surface area is 208 Å². The van der Waals surface area contributed by atoms with Crippen LogP contribution in [0.25, 0.3) is 0 Å². The average Bonchev–Trinajstić information content (AvgIpc) is 3.50. The van der Waals surface area contributed by atoms with Crippen molar-refractivity contribution in [2.75, 3.05) is 18.5 Å². The third-order valence-corrected chi connectivity index (χ3v) is 5.15. The number of ether oxygens (including phenoxy) is 3. The summed E-state index contributed by atoms with van der Waals surface area (Å²) in [7, 11) is 0. The number of anilines is 1. The SMILES string of the molecule is CCOc1ccc(Cn2cc(NC(=O)c3ccn(COc4ccc(Cl)cc4)n3)cn2)cc1OCC. The predicted octanol–water partition coefficient (Wildman–Crippen LogP) is 4.87. The van der Waals surface area contributed by atoms with E-state index in [1.54, 1.807) is 53.6 Å². The molecule has 2 aromatic carbocycles. The van der Waals surface area contributed by atoms with Crippen molar-refractivity contribution < 1.29 is 19.0 Å². The molecule has 0 aliphatic heterocycles. The van der Waals surface area contributed by atoms with E-state index in [0.29, 0.717) is 47.7 Å². The fraction of sp³-hybridized carbons (Fsp3) is 0.240. The molecule has 0 saturated heterocycles. The van der Waals surface area contributed by atoms with Crippen LogP contribution >= 0.6 is 11.6 Å². The zero-order valence-corrected chi connectivity index (χ0v) is 20.2. The maximum absolute atomic E-state index is 12.6. The van der Waals surface area contributed by atoms with E-state index in [2.05, 4.69) is 15.5 Å². The van der Waals surface area contributed by atoms with Crippen LogP contribution in [0.2, 0.25) is 5.02 Å². The van der Waals surface area contributed by atoms with Gasteiger partial charge in [0.2, 0.25) is 0 Å². The molecule has 1 N–H and O–H groups in total. The summed E-state index contributed by atoms with van der Waals surface area (Å²) in [4.78, 5) is 12.6. The highest BCUT2D eigenvalue weighted by Gasteiger charge is 2.12. The maximum atomic E-state index is 12.6. The fourth-order valence-electron chi connectivity index (χ4n) is 3.32. The topological polar surface area (TPSA) is 92.4 Å². The lowest BCUT2D eigenvalue weighted by Gasteiger charge is -2.12. The number of benzene rings is 2. The maximum Gasteiger partial charge on any atom is 0.276 e. The molecule has 182 valence electrons. The van der Waals surface area contributed by atoms with Gasteiger partial charge < -0.3 is 19.5 Å². The molecule has 4 aromatic rings. The van der Waals surface area contributed by atoms with Crippen LogP contribution < -0.4 is 19.5 Å². The van der Waals surface area contributed by atoms with E-state index in [4.69, 9.17) is 25.8 Å². The molecule has 2 aromatic heterocycles. The Balaban J connectivity index is 1.33. The lowest BCUT2D eigenvalue weighted by atomic mass is 10.2. The number of carbonyl (C=O) groups excluding carboxylic acids is 1. The van der Waals surface area contributed by atoms with E-state index in [9.17, 15) is 4.79 Å². The first kappa shape index (κ1) is 24.2. The van der Waals surface area contributed by atoms with Crippen LogP contribution in [0, 0.1) is 0 Å². The quantitative estimate of drug-likeness (QED) is 0.319. The summed E-state index contributed by atoms with van der Waals surface area (Å²) in [6.45, 7) is 5.65. The number of hydrogen-bond acceptors (Lipinski definition) is 6. The molecule has 10 heteroatoms. The van der Waals surface area contributed by atoms with Gasteiger partial charge >= 0.3 is 0 Å². The second kappa shape index (κ2) is 11.4. The van der Waals surface area contributed by atoms with Gasteiger partial charge in [0.1, 0.15) is 5.75 Å². The summed E-state index contributed by atoms with van der Waals surface area (Å²) < 4.78 is 20.2. The second-order valence-corrected chi connectivity index (χ2v) is 7.93. The van der Waals surface area contributed by atoms with Crippen LogP contribution in [0.3, 0.4) is 0 Å². The first-order valence-corrected chi connectivity index (χ1v) is 11.6. The summed E-state index contributed by atoms with van der Waals surface area (Å²) in [5.41, 5.74) is 1.83. The Morgan fingerprint density at radius 3 is 2.51 bits per heavy atom. The number of rotatable bonds is 11. The molecule has 35 heavy (non-hydrogen) atoms. The standard InChI is InChI=1S/C25H26ClN5O4/c1-3-33-23-10-5-18(13-24(23)34-4-2)15-31-16-20(14-27-31)28-25(32)22-11-12-30(29-22)17-35-21-8-6-19(26)7-9-21/h5-14,16H,3-4,15,17H2,1-2H3,(H,28,32). The molecule has 1 amide bonds. The van der Waals surface area contributed by atoms with Gasteiger partial charge in [0.05, 0.1) is 31.6 Å². The third kappa shape index (κ3) is 6.54. The fourth-order valence-corrected chi connectivity index (χ4v) is 3.44. The van der Waals surface area contributed by atoms with Crippen molar-refractivity contribution in [1.82, 2.24) is 19.6 Å². The van der Waals surface area contributed by atoms with Gasteiger partial charge in [-0.1, -0.05) is 17.7 Å². The molecular weight excluding hydrogens is 470 g/mol. The van der Waals surface area contributed by atoms with Crippen LogP contribution in [0.15, 0.2) is 67.1 Å². The molecule has 0 unspecified atom stereocenters. The molecule has 2 heterocycles. The van der Waals surface area contributed by atoms with Crippen molar-refractivity contribution >= 4 is 23.2 Å². The molecule has 4 rings (SSSR count). The molecular formula is C25H26ClN5O4. The Bertz CT molecular complexity index is 1270. The molecule has 0 atom stereocenters. The summed E-state index contributed by atoms with van der Waals surface area (Å²) in [6, 6.07) is 14.4. The van der Waals surface area contributed by atoms with Gasteiger partial charge in [-0.25, -0.2) is 4.68 Å². The second-order valence-electron chi connectivity index (χ2n) is 7.50. The van der Waals surface area contributed by atoms with Gasteiger partial charge in [0.15, 0.2) is 23.9 Å². The number of aromatic nitrogens is 4. The lowest BCUT2D eigenvalue weighted by molar-refractivity contribution is 0.102. The number of nitrogens with zero attached hydrogens (tertiary/aromatic N) is 4. The van der Waals surface area contributed by atoms with Crippen molar-refractivity contribution in [3.05, 3.63) is 83.4 Å². The molecule has 0 bridgehead atoms. The van der Waals surface area contributed by atoms with Crippen LogP contribution in [-0.4, -0.2) is 38.7 Å². The van der Waals surface area contributed by atoms with Crippen LogP contribution in [0.5, 0.6) is 17.2 Å². The van der Waals surface area contributed by atoms with Crippen molar-refractivity contribution in [3.63, 3.8) is 0 Å². The van der Waals surface area contributed by atoms with Gasteiger partial charge in [-0.3, -0.25) is 9.48 Å². The van der Waals surface area contributed by atoms with Crippen molar-refractivity contribution in [2.24, 2.45) is 0 Å². The Morgan fingerprint density at radius 1 is 0.971 bits per heavy atom. The van der Waals surface area contributed by atoms with Gasteiger partial charge in [-0.2, -0.15) is 10.2 Å². The van der Waals surface area contributed by atoms with E-state index in [1.165, 1.54) is 4.68 Å². The Hall–Kier alpha value is -3.98. The van der Waals surface area contributed by atoms with Crippen molar-refractivity contribution in [2.45, 2.75) is 27.1 Å². The first-order chi connectivity index (χ1) is 17.0. The van der Waals surface area contributed by atoms with E-state index in [0.717, 1.165) is 5.56 Å². The number of nitrogens with one attached hydrogen (secondary N) is 1. The minimum Gasteiger partial charge on any atom is -0.490 e. The smallest absolute Gasteiger partial charge is 0.276 e. The normalized spacial score (nSPS) is 10.7. The van der Waals surface area contributed by atoms with Gasteiger partial charge in [0.25, 0.3) is 5.91 Å². The molecule has 0 fully saturated rings. The largest absolute Gasteiger partial charge is 0.490 e. The van der Waals surface area contributed by atoms with E-state index < -0.39 is 0 Å². The van der Waals surface area contributed by atoms with E-state index in [-0.39, 0.29) is 18.3 Å². The molecule has 0 aliphatic carbocycles. The lowest BCUT2D eigenvalue weighted by Crippen LogP contribution is -2.14. The highest BCUT2D eigenvalue weighted by Crippen LogP contribution is 2.29. The molecule has 0 spiro atoms. The monoisotopic (exact) mass is 495 g/mol. The highest BCUT2D eigenvalue weighted by atomic mass is 35.5. The number of carbonyl (C=O) groups is 1. The molecule has 0 aliphatic rings. The predicted molar refractivity (Wildman–Crippen MR) is 132 cm³/mol. The highest BCUT2D eigenvalue weighted by molar-refractivity contribution is 6.30. The summed E-state index contributed by atoms with van der Waals surface area (Å²) in [5.74, 6) is 1.73. The van der Waals surface area contributed by atoms with Gasteiger partial charge in [0, 0.05) is 17.4 Å². The van der Waals surface area contributed by atoms with E-state index in [1.807, 2.05) is 32.0 Å². The zero-order valence-electron chi connectivity index (χ0n) is 19.5. The van der Waals surface area contributed by atoms with Gasteiger partial charge in [-0.05, 0) is 61.9 Å². The Morgan fingerprint density at radius 2 is 1.74 bits per heavy atom. The molecule has 9 nitrogen and oxygen atoms in total. The average molecular weight is 496 g/mol. The first-order valence-electron chi connectivity index (χ1n) is 11.2. The van der Waals surface area contributed by atoms with E-state index >= 15 is 0 Å². The minimum atomic E-state index is -0.338. The van der Waals surface area contributed by atoms with Gasteiger partial charge in [-0.15, -0.1) is 0 Å². The summed E-state index contributed by atoms with van der Waals surface area (Å²) in [5, 5.41) is 12.1. The molecule has 0 radical (unpaired) electrons. The Kier molecular flexibility index (Phi) is 7.89. The number of halogens is 1. The summed E-state index contributed by atoms with van der Waals surface area (Å²) in [6.07, 6.45) is 5.03. The summed E-state index contributed by atoms with van der Waals surface area (Å²) >= 11 is 5.88. The van der Waals surface area contributed by atoms with Crippen LogP contribution in [0.1, 0.15) is 29.9 Å². The van der Waals surface area contributed by atoms with Crippen molar-refractivity contribution in [1.29, 1.82) is 0 Å². The number of amides is 1. The minimum absolute atomic E-state index is 0.165. The number of hydrogen-bond donors (Lipinski definition) is 1. The molecule has 0 saturated carbocycles. The van der Waals surface area contributed by atoms with Crippen LogP contribution in [0.4, 0.5) is 5.69 Å². The van der Waals surface area contributed by atoms with Crippen LogP contribution in [-0.2, 0) is 13.3 Å². The van der Waals surface area contributed by atoms with Crippen molar-refractivity contribution in [3.8, 4) is 17.2 Å². The zero-order chi connectivity index (χ0) is 24.6. The third-order valence-electron chi connectivity index (χ3n) is 4.89.